The third-order valence-electron chi connectivity index (χ3n) is 3.06. The van der Waals surface area contributed by atoms with Crippen molar-refractivity contribution in [3.8, 4) is 0 Å². The zero-order valence-corrected chi connectivity index (χ0v) is 11.9. The van der Waals surface area contributed by atoms with E-state index >= 15 is 0 Å². The third kappa shape index (κ3) is 2.48. The van der Waals surface area contributed by atoms with Crippen molar-refractivity contribution in [2.45, 2.75) is 20.4 Å². The molecule has 4 heteroatoms. The lowest BCUT2D eigenvalue weighted by molar-refractivity contribution is 0.0696. The van der Waals surface area contributed by atoms with Crippen molar-refractivity contribution in [1.82, 2.24) is 4.57 Å². The molecule has 0 saturated carbocycles. The number of aryl methyl sites for hydroxylation is 1. The summed E-state index contributed by atoms with van der Waals surface area (Å²) in [5.41, 5.74) is 3.29. The lowest BCUT2D eigenvalue weighted by atomic mass is 10.2. The van der Waals surface area contributed by atoms with Gasteiger partial charge in [-0.3, -0.25) is 0 Å². The Hall–Kier alpha value is -1.55. The number of halogens is 1. The fourth-order valence-corrected chi connectivity index (χ4v) is 2.30. The van der Waals surface area contributed by atoms with E-state index in [4.69, 9.17) is 5.11 Å². The molecule has 18 heavy (non-hydrogen) atoms. The number of carboxylic acid groups (broad SMARTS) is 1. The van der Waals surface area contributed by atoms with Gasteiger partial charge in [0.2, 0.25) is 0 Å². The molecule has 0 aliphatic rings. The van der Waals surface area contributed by atoms with Crippen LogP contribution in [0.5, 0.6) is 0 Å². The van der Waals surface area contributed by atoms with Crippen molar-refractivity contribution in [3.05, 3.63) is 57.3 Å². The van der Waals surface area contributed by atoms with E-state index in [1.807, 2.05) is 42.7 Å². The zero-order valence-electron chi connectivity index (χ0n) is 10.3. The van der Waals surface area contributed by atoms with Crippen LogP contribution in [0, 0.1) is 13.8 Å². The van der Waals surface area contributed by atoms with Crippen LogP contribution in [0.4, 0.5) is 0 Å². The van der Waals surface area contributed by atoms with Gasteiger partial charge in [0.25, 0.3) is 0 Å². The molecule has 0 unspecified atom stereocenters. The van der Waals surface area contributed by atoms with E-state index < -0.39 is 5.97 Å². The molecule has 0 spiro atoms. The van der Waals surface area contributed by atoms with Gasteiger partial charge in [-0.1, -0.05) is 28.1 Å². The van der Waals surface area contributed by atoms with Gasteiger partial charge >= 0.3 is 5.97 Å². The van der Waals surface area contributed by atoms with Crippen molar-refractivity contribution in [2.75, 3.05) is 0 Å². The van der Waals surface area contributed by atoms with Gasteiger partial charge in [0, 0.05) is 22.4 Å². The van der Waals surface area contributed by atoms with Crippen molar-refractivity contribution in [3.63, 3.8) is 0 Å². The lowest BCUT2D eigenvalue weighted by Gasteiger charge is -2.09. The molecule has 0 fully saturated rings. The molecule has 0 saturated heterocycles. The van der Waals surface area contributed by atoms with E-state index in [-0.39, 0.29) is 0 Å². The molecule has 1 N–H and O–H groups in total. The van der Waals surface area contributed by atoms with Crippen molar-refractivity contribution < 1.29 is 9.90 Å². The minimum absolute atomic E-state index is 0.379. The second-order valence-electron chi connectivity index (χ2n) is 4.30. The van der Waals surface area contributed by atoms with E-state index in [1.54, 1.807) is 6.07 Å². The van der Waals surface area contributed by atoms with Crippen LogP contribution in [-0.4, -0.2) is 15.6 Å². The van der Waals surface area contributed by atoms with Crippen molar-refractivity contribution in [1.29, 1.82) is 0 Å². The second kappa shape index (κ2) is 4.98. The molecule has 0 atom stereocenters. The zero-order chi connectivity index (χ0) is 13.3. The van der Waals surface area contributed by atoms with Gasteiger partial charge in [0.05, 0.1) is 5.56 Å². The Morgan fingerprint density at radius 3 is 2.39 bits per heavy atom. The number of hydrogen-bond donors (Lipinski definition) is 1. The molecule has 0 amide bonds. The summed E-state index contributed by atoms with van der Waals surface area (Å²) < 4.78 is 3.06. The molecule has 1 heterocycles. The highest BCUT2D eigenvalue weighted by Gasteiger charge is 2.14. The first-order valence-corrected chi connectivity index (χ1v) is 6.43. The summed E-state index contributed by atoms with van der Waals surface area (Å²) >= 11 is 3.40. The molecular weight excluding hydrogens is 294 g/mol. The maximum Gasteiger partial charge on any atom is 0.337 e. The largest absolute Gasteiger partial charge is 0.478 e. The highest BCUT2D eigenvalue weighted by atomic mass is 79.9. The number of carbonyl (C=O) groups is 1. The lowest BCUT2D eigenvalue weighted by Crippen LogP contribution is -2.05. The van der Waals surface area contributed by atoms with E-state index in [0.717, 1.165) is 21.4 Å². The summed E-state index contributed by atoms with van der Waals surface area (Å²) in [6.45, 7) is 4.46. The summed E-state index contributed by atoms with van der Waals surface area (Å²) in [7, 11) is 0. The first-order valence-electron chi connectivity index (χ1n) is 5.63. The molecular formula is C14H14BrNO2. The van der Waals surface area contributed by atoms with Gasteiger partial charge in [-0.05, 0) is 37.6 Å². The van der Waals surface area contributed by atoms with E-state index in [1.165, 1.54) is 0 Å². The number of carboxylic acids is 1. The Morgan fingerprint density at radius 1 is 1.28 bits per heavy atom. The predicted molar refractivity (Wildman–Crippen MR) is 74.1 cm³/mol. The van der Waals surface area contributed by atoms with Crippen LogP contribution in [-0.2, 0) is 6.54 Å². The second-order valence-corrected chi connectivity index (χ2v) is 5.22. The molecule has 0 bridgehead atoms. The Balaban J connectivity index is 2.34. The number of rotatable bonds is 3. The third-order valence-corrected chi connectivity index (χ3v) is 3.59. The minimum Gasteiger partial charge on any atom is -0.478 e. The quantitative estimate of drug-likeness (QED) is 0.941. The molecule has 0 aliphatic carbocycles. The average molecular weight is 308 g/mol. The Kier molecular flexibility index (Phi) is 3.57. The van der Waals surface area contributed by atoms with Gasteiger partial charge in [-0.2, -0.15) is 0 Å². The topological polar surface area (TPSA) is 42.2 Å². The summed E-state index contributed by atoms with van der Waals surface area (Å²) in [6, 6.07) is 9.76. The SMILES string of the molecule is Cc1cc(C(=O)O)c(C)n1Cc1ccc(Br)cc1. The highest BCUT2D eigenvalue weighted by molar-refractivity contribution is 9.10. The van der Waals surface area contributed by atoms with Gasteiger partial charge in [-0.25, -0.2) is 4.79 Å². The number of aromatic nitrogens is 1. The van der Waals surface area contributed by atoms with E-state index in [2.05, 4.69) is 15.9 Å². The summed E-state index contributed by atoms with van der Waals surface area (Å²) in [4.78, 5) is 11.1. The summed E-state index contributed by atoms with van der Waals surface area (Å²) in [5, 5.41) is 9.09. The number of benzene rings is 1. The molecule has 2 rings (SSSR count). The number of nitrogens with zero attached hydrogens (tertiary/aromatic N) is 1. The van der Waals surface area contributed by atoms with Crippen LogP contribution < -0.4 is 0 Å². The number of aromatic carboxylic acids is 1. The maximum atomic E-state index is 11.1. The van der Waals surface area contributed by atoms with Gasteiger partial charge in [0.1, 0.15) is 0 Å². The molecule has 0 aliphatic heterocycles. The molecule has 0 radical (unpaired) electrons. The molecule has 94 valence electrons. The van der Waals surface area contributed by atoms with Crippen LogP contribution >= 0.6 is 15.9 Å². The number of hydrogen-bond acceptors (Lipinski definition) is 1. The monoisotopic (exact) mass is 307 g/mol. The standard InChI is InChI=1S/C14H14BrNO2/c1-9-7-13(14(17)18)10(2)16(9)8-11-3-5-12(15)6-4-11/h3-7H,8H2,1-2H3,(H,17,18). The molecule has 2 aromatic rings. The van der Waals surface area contributed by atoms with Gasteiger partial charge in [-0.15, -0.1) is 0 Å². The normalized spacial score (nSPS) is 10.6. The molecule has 1 aromatic carbocycles. The van der Waals surface area contributed by atoms with Crippen LogP contribution in [0.25, 0.3) is 0 Å². The van der Waals surface area contributed by atoms with E-state index in [9.17, 15) is 4.79 Å². The highest BCUT2D eigenvalue weighted by Crippen LogP contribution is 2.18. The summed E-state index contributed by atoms with van der Waals surface area (Å²) in [6.07, 6.45) is 0. The Labute approximate surface area is 114 Å². The predicted octanol–water partition coefficient (Wildman–Crippen LogP) is 3.61. The first kappa shape index (κ1) is 12.9. The molecule has 1 aromatic heterocycles. The van der Waals surface area contributed by atoms with Gasteiger partial charge < -0.3 is 9.67 Å². The fraction of sp³-hybridized carbons (Fsp3) is 0.214. The summed E-state index contributed by atoms with van der Waals surface area (Å²) in [5.74, 6) is -0.870. The van der Waals surface area contributed by atoms with Crippen LogP contribution in [0.2, 0.25) is 0 Å². The van der Waals surface area contributed by atoms with Crippen LogP contribution in [0.15, 0.2) is 34.8 Å². The first-order chi connectivity index (χ1) is 8.49. The fourth-order valence-electron chi connectivity index (χ4n) is 2.03. The van der Waals surface area contributed by atoms with Gasteiger partial charge in [0.15, 0.2) is 0 Å². The maximum absolute atomic E-state index is 11.1. The van der Waals surface area contributed by atoms with Crippen LogP contribution in [0.1, 0.15) is 27.3 Å². The minimum atomic E-state index is -0.870. The smallest absolute Gasteiger partial charge is 0.337 e. The Bertz CT molecular complexity index is 585. The van der Waals surface area contributed by atoms with Crippen LogP contribution in [0.3, 0.4) is 0 Å². The molecule has 3 nitrogen and oxygen atoms in total. The Morgan fingerprint density at radius 2 is 1.89 bits per heavy atom. The van der Waals surface area contributed by atoms with Crippen molar-refractivity contribution in [2.24, 2.45) is 0 Å². The van der Waals surface area contributed by atoms with Crippen molar-refractivity contribution >= 4 is 21.9 Å². The average Bonchev–Trinajstić information content (AvgIpc) is 2.60. The van der Waals surface area contributed by atoms with E-state index in [0.29, 0.717) is 12.1 Å².